The number of thioether (sulfide) groups is 1. The highest BCUT2D eigenvalue weighted by atomic mass is 35.5. The van der Waals surface area contributed by atoms with E-state index in [1.54, 1.807) is 49.4 Å². The van der Waals surface area contributed by atoms with Crippen LogP contribution in [0.25, 0.3) is 0 Å². The van der Waals surface area contributed by atoms with Gasteiger partial charge in [0.1, 0.15) is 0 Å². The number of amides is 2. The van der Waals surface area contributed by atoms with E-state index in [-0.39, 0.29) is 17.1 Å². The average molecular weight is 383 g/mol. The lowest BCUT2D eigenvalue weighted by atomic mass is 10.2. The fourth-order valence-corrected chi connectivity index (χ4v) is 3.31. The maximum Gasteiger partial charge on any atom is 0.237 e. The number of nitrogens with one attached hydrogen (secondary N) is 2. The molecule has 1 atom stereocenters. The van der Waals surface area contributed by atoms with Crippen molar-refractivity contribution in [1.29, 1.82) is 0 Å². The number of hydrogen-bond donors (Lipinski definition) is 2. The highest BCUT2D eigenvalue weighted by Gasteiger charge is 2.16. The van der Waals surface area contributed by atoms with Crippen LogP contribution in [0.4, 0.5) is 11.4 Å². The van der Waals surface area contributed by atoms with Gasteiger partial charge in [0.15, 0.2) is 0 Å². The lowest BCUT2D eigenvalue weighted by molar-refractivity contribution is -0.115. The predicted octanol–water partition coefficient (Wildman–Crippen LogP) is 5.07. The first-order valence-electron chi connectivity index (χ1n) is 7.15. The Morgan fingerprint density at radius 1 is 1.00 bits per heavy atom. The molecular formula is C17H16Cl2N2O2S. The van der Waals surface area contributed by atoms with E-state index < -0.39 is 0 Å². The molecule has 7 heteroatoms. The molecule has 0 radical (unpaired) electrons. The molecule has 0 aliphatic carbocycles. The van der Waals surface area contributed by atoms with Crippen LogP contribution in [-0.2, 0) is 9.59 Å². The molecule has 24 heavy (non-hydrogen) atoms. The van der Waals surface area contributed by atoms with Gasteiger partial charge in [-0.25, -0.2) is 0 Å². The van der Waals surface area contributed by atoms with Crippen LogP contribution in [0.2, 0.25) is 10.0 Å². The minimum Gasteiger partial charge on any atom is -0.326 e. The van der Waals surface area contributed by atoms with Gasteiger partial charge in [-0.3, -0.25) is 9.59 Å². The summed E-state index contributed by atoms with van der Waals surface area (Å²) in [6, 6.07) is 12.1. The Morgan fingerprint density at radius 2 is 1.58 bits per heavy atom. The van der Waals surface area contributed by atoms with Gasteiger partial charge >= 0.3 is 0 Å². The number of rotatable bonds is 5. The Balaban J connectivity index is 1.98. The molecule has 2 rings (SSSR count). The summed E-state index contributed by atoms with van der Waals surface area (Å²) in [5, 5.41) is 6.28. The maximum absolute atomic E-state index is 12.3. The molecule has 0 aliphatic rings. The monoisotopic (exact) mass is 382 g/mol. The zero-order chi connectivity index (χ0) is 17.7. The summed E-state index contributed by atoms with van der Waals surface area (Å²) < 4.78 is 0. The standard InChI is InChI=1S/C17H16Cl2N2O2S/c1-10(24-16-9-12(18)3-8-15(16)19)17(23)21-14-6-4-13(5-7-14)20-11(2)22/h3-10H,1-2H3,(H,20,22)(H,21,23)/t10-/m0/s1. The fourth-order valence-electron chi connectivity index (χ4n) is 1.90. The van der Waals surface area contributed by atoms with Gasteiger partial charge in [0.2, 0.25) is 11.8 Å². The first-order valence-corrected chi connectivity index (χ1v) is 8.79. The van der Waals surface area contributed by atoms with Gasteiger partial charge in [-0.05, 0) is 49.4 Å². The van der Waals surface area contributed by atoms with Crippen molar-refractivity contribution < 1.29 is 9.59 Å². The molecule has 4 nitrogen and oxygen atoms in total. The van der Waals surface area contributed by atoms with Crippen LogP contribution in [0.5, 0.6) is 0 Å². The summed E-state index contributed by atoms with van der Waals surface area (Å²) in [6.07, 6.45) is 0. The largest absolute Gasteiger partial charge is 0.326 e. The zero-order valence-corrected chi connectivity index (χ0v) is 15.4. The number of anilines is 2. The van der Waals surface area contributed by atoms with Gasteiger partial charge in [0.05, 0.1) is 10.3 Å². The minimum absolute atomic E-state index is 0.143. The summed E-state index contributed by atoms with van der Waals surface area (Å²) in [5.41, 5.74) is 1.33. The van der Waals surface area contributed by atoms with Gasteiger partial charge < -0.3 is 10.6 Å². The van der Waals surface area contributed by atoms with Crippen molar-refractivity contribution in [3.8, 4) is 0 Å². The molecule has 0 spiro atoms. The summed E-state index contributed by atoms with van der Waals surface area (Å²) in [4.78, 5) is 24.0. The molecular weight excluding hydrogens is 367 g/mol. The predicted molar refractivity (Wildman–Crippen MR) is 101 cm³/mol. The van der Waals surface area contributed by atoms with Gasteiger partial charge in [-0.2, -0.15) is 0 Å². The third-order valence-corrected chi connectivity index (χ3v) is 4.88. The number of carbonyl (C=O) groups is 2. The molecule has 2 N–H and O–H groups in total. The third kappa shape index (κ3) is 5.44. The van der Waals surface area contributed by atoms with E-state index in [4.69, 9.17) is 23.2 Å². The SMILES string of the molecule is CC(=O)Nc1ccc(NC(=O)[C@H](C)Sc2cc(Cl)ccc2Cl)cc1. The third-order valence-electron chi connectivity index (χ3n) is 3.04. The van der Waals surface area contributed by atoms with Crippen LogP contribution in [0.15, 0.2) is 47.4 Å². The second-order valence-electron chi connectivity index (χ2n) is 5.08. The zero-order valence-electron chi connectivity index (χ0n) is 13.1. The average Bonchev–Trinajstić information content (AvgIpc) is 2.52. The quantitative estimate of drug-likeness (QED) is 0.709. The highest BCUT2D eigenvalue weighted by Crippen LogP contribution is 2.33. The molecule has 126 valence electrons. The van der Waals surface area contributed by atoms with E-state index >= 15 is 0 Å². The molecule has 0 saturated carbocycles. The number of carbonyl (C=O) groups excluding carboxylic acids is 2. The highest BCUT2D eigenvalue weighted by molar-refractivity contribution is 8.00. The Morgan fingerprint density at radius 3 is 2.17 bits per heavy atom. The smallest absolute Gasteiger partial charge is 0.237 e. The van der Waals surface area contributed by atoms with Crippen LogP contribution in [0.1, 0.15) is 13.8 Å². The Kier molecular flexibility index (Phi) is 6.54. The summed E-state index contributed by atoms with van der Waals surface area (Å²) >= 11 is 13.4. The van der Waals surface area contributed by atoms with Crippen molar-refractivity contribution in [2.75, 3.05) is 10.6 Å². The fraction of sp³-hybridized carbons (Fsp3) is 0.176. The molecule has 2 amide bonds. The topological polar surface area (TPSA) is 58.2 Å². The maximum atomic E-state index is 12.3. The molecule has 0 fully saturated rings. The molecule has 2 aromatic rings. The normalized spacial score (nSPS) is 11.7. The Hall–Kier alpha value is -1.69. The van der Waals surface area contributed by atoms with Crippen LogP contribution in [0, 0.1) is 0 Å². The molecule has 0 unspecified atom stereocenters. The van der Waals surface area contributed by atoms with Gasteiger partial charge in [-0.15, -0.1) is 11.8 Å². The van der Waals surface area contributed by atoms with Gasteiger partial charge in [-0.1, -0.05) is 23.2 Å². The van der Waals surface area contributed by atoms with Crippen molar-refractivity contribution in [1.82, 2.24) is 0 Å². The van der Waals surface area contributed by atoms with Crippen molar-refractivity contribution >= 4 is 58.2 Å². The van der Waals surface area contributed by atoms with E-state index in [0.29, 0.717) is 21.4 Å². The summed E-state index contributed by atoms with van der Waals surface area (Å²) in [6.45, 7) is 3.23. The van der Waals surface area contributed by atoms with Gasteiger partial charge in [0.25, 0.3) is 0 Å². The van der Waals surface area contributed by atoms with Crippen molar-refractivity contribution in [2.45, 2.75) is 24.0 Å². The summed E-state index contributed by atoms with van der Waals surface area (Å²) in [7, 11) is 0. The summed E-state index contributed by atoms with van der Waals surface area (Å²) in [5.74, 6) is -0.293. The molecule has 0 bridgehead atoms. The molecule has 0 aromatic heterocycles. The molecule has 0 heterocycles. The van der Waals surface area contributed by atoms with Crippen molar-refractivity contribution in [2.24, 2.45) is 0 Å². The van der Waals surface area contributed by atoms with Gasteiger partial charge in [0, 0.05) is 28.2 Å². The van der Waals surface area contributed by atoms with Crippen molar-refractivity contribution in [3.63, 3.8) is 0 Å². The van der Waals surface area contributed by atoms with E-state index in [0.717, 1.165) is 4.90 Å². The van der Waals surface area contributed by atoms with Crippen molar-refractivity contribution in [3.05, 3.63) is 52.5 Å². The lowest BCUT2D eigenvalue weighted by Crippen LogP contribution is -2.22. The van der Waals surface area contributed by atoms with E-state index in [1.807, 2.05) is 0 Å². The number of halogens is 2. The number of benzene rings is 2. The Bertz CT molecular complexity index is 751. The van der Waals surface area contributed by atoms with Crippen LogP contribution in [0.3, 0.4) is 0 Å². The van der Waals surface area contributed by atoms with E-state index in [9.17, 15) is 9.59 Å². The minimum atomic E-state index is -0.351. The Labute approximate surface area is 154 Å². The number of hydrogen-bond acceptors (Lipinski definition) is 3. The molecule has 0 aliphatic heterocycles. The van der Waals surface area contributed by atoms with Crippen LogP contribution < -0.4 is 10.6 Å². The second-order valence-corrected chi connectivity index (χ2v) is 7.31. The van der Waals surface area contributed by atoms with Crippen LogP contribution >= 0.6 is 35.0 Å². The molecule has 2 aromatic carbocycles. The van der Waals surface area contributed by atoms with E-state index in [1.165, 1.54) is 18.7 Å². The van der Waals surface area contributed by atoms with E-state index in [2.05, 4.69) is 10.6 Å². The van der Waals surface area contributed by atoms with Crippen LogP contribution in [-0.4, -0.2) is 17.1 Å². The second kappa shape index (κ2) is 8.42. The molecule has 0 saturated heterocycles. The first kappa shape index (κ1) is 18.6. The first-order chi connectivity index (χ1) is 11.3. The lowest BCUT2D eigenvalue weighted by Gasteiger charge is -2.13.